The van der Waals surface area contributed by atoms with Gasteiger partial charge in [-0.1, -0.05) is 15.9 Å². The third-order valence-corrected chi connectivity index (χ3v) is 4.09. The van der Waals surface area contributed by atoms with Gasteiger partial charge in [0, 0.05) is 16.2 Å². The SMILES string of the molecule is C[C@H](c1c(F)cc(Br)cc1F)N1Cc2ncccc2C1=O. The van der Waals surface area contributed by atoms with Gasteiger partial charge < -0.3 is 4.90 Å². The van der Waals surface area contributed by atoms with Crippen LogP contribution >= 0.6 is 15.9 Å². The Morgan fingerprint density at radius 3 is 2.62 bits per heavy atom. The smallest absolute Gasteiger partial charge is 0.256 e. The van der Waals surface area contributed by atoms with E-state index in [1.54, 1.807) is 25.3 Å². The van der Waals surface area contributed by atoms with E-state index in [4.69, 9.17) is 0 Å². The van der Waals surface area contributed by atoms with E-state index in [1.807, 2.05) is 0 Å². The van der Waals surface area contributed by atoms with Crippen LogP contribution in [0.1, 0.15) is 34.6 Å². The Hall–Kier alpha value is -1.82. The first kappa shape index (κ1) is 14.1. The van der Waals surface area contributed by atoms with Crippen molar-refractivity contribution in [2.24, 2.45) is 0 Å². The van der Waals surface area contributed by atoms with Crippen molar-refractivity contribution in [2.75, 3.05) is 0 Å². The molecule has 2 aromatic rings. The first-order chi connectivity index (χ1) is 9.99. The Morgan fingerprint density at radius 2 is 2.00 bits per heavy atom. The zero-order chi connectivity index (χ0) is 15.1. The number of aromatic nitrogens is 1. The summed E-state index contributed by atoms with van der Waals surface area (Å²) in [5.74, 6) is -1.61. The lowest BCUT2D eigenvalue weighted by molar-refractivity contribution is 0.0709. The van der Waals surface area contributed by atoms with Crippen LogP contribution in [0, 0.1) is 11.6 Å². The van der Waals surface area contributed by atoms with Crippen molar-refractivity contribution in [3.05, 3.63) is 63.4 Å². The van der Waals surface area contributed by atoms with Gasteiger partial charge in [0.15, 0.2) is 0 Å². The number of nitrogens with zero attached hydrogens (tertiary/aromatic N) is 2. The van der Waals surface area contributed by atoms with Crippen LogP contribution < -0.4 is 0 Å². The molecule has 0 aliphatic carbocycles. The van der Waals surface area contributed by atoms with Crippen molar-refractivity contribution < 1.29 is 13.6 Å². The summed E-state index contributed by atoms with van der Waals surface area (Å²) in [6, 6.07) is 5.03. The van der Waals surface area contributed by atoms with Crippen molar-refractivity contribution in [1.82, 2.24) is 9.88 Å². The van der Waals surface area contributed by atoms with E-state index >= 15 is 0 Å². The van der Waals surface area contributed by atoms with Crippen LogP contribution in [0.2, 0.25) is 0 Å². The molecule has 3 nitrogen and oxygen atoms in total. The molecule has 1 atom stereocenters. The Kier molecular flexibility index (Phi) is 3.49. The lowest BCUT2D eigenvalue weighted by Crippen LogP contribution is -2.28. The lowest BCUT2D eigenvalue weighted by Gasteiger charge is -2.25. The zero-order valence-electron chi connectivity index (χ0n) is 11.1. The minimum atomic E-state index is -0.709. The standard InChI is InChI=1S/C15H11BrF2N2O/c1-8(14-11(17)5-9(16)6-12(14)18)20-7-13-10(15(20)21)3-2-4-19-13/h2-6,8H,7H2,1H3/t8-/m1/s1. The van der Waals surface area contributed by atoms with Gasteiger partial charge in [-0.2, -0.15) is 0 Å². The highest BCUT2D eigenvalue weighted by atomic mass is 79.9. The van der Waals surface area contributed by atoms with E-state index in [1.165, 1.54) is 17.0 Å². The van der Waals surface area contributed by atoms with E-state index in [9.17, 15) is 13.6 Å². The van der Waals surface area contributed by atoms with E-state index in [2.05, 4.69) is 20.9 Å². The minimum absolute atomic E-state index is 0.112. The molecule has 21 heavy (non-hydrogen) atoms. The highest BCUT2D eigenvalue weighted by molar-refractivity contribution is 9.10. The topological polar surface area (TPSA) is 33.2 Å². The highest BCUT2D eigenvalue weighted by Crippen LogP contribution is 2.33. The largest absolute Gasteiger partial charge is 0.326 e. The molecule has 1 aromatic carbocycles. The van der Waals surface area contributed by atoms with E-state index < -0.39 is 17.7 Å². The van der Waals surface area contributed by atoms with Gasteiger partial charge >= 0.3 is 0 Å². The van der Waals surface area contributed by atoms with Gasteiger partial charge in [0.1, 0.15) is 11.6 Å². The van der Waals surface area contributed by atoms with Crippen LogP contribution in [0.25, 0.3) is 0 Å². The minimum Gasteiger partial charge on any atom is -0.326 e. The number of pyridine rings is 1. The Bertz CT molecular complexity index is 712. The number of fused-ring (bicyclic) bond motifs is 1. The van der Waals surface area contributed by atoms with Gasteiger partial charge in [0.2, 0.25) is 0 Å². The van der Waals surface area contributed by atoms with E-state index in [0.717, 1.165) is 0 Å². The fourth-order valence-corrected chi connectivity index (χ4v) is 2.97. The van der Waals surface area contributed by atoms with Gasteiger partial charge in [-0.15, -0.1) is 0 Å². The summed E-state index contributed by atoms with van der Waals surface area (Å²) >= 11 is 3.04. The maximum atomic E-state index is 14.0. The number of benzene rings is 1. The molecule has 1 aliphatic rings. The summed E-state index contributed by atoms with van der Waals surface area (Å²) in [7, 11) is 0. The maximum absolute atomic E-state index is 14.0. The molecular weight excluding hydrogens is 342 g/mol. The first-order valence-electron chi connectivity index (χ1n) is 6.38. The van der Waals surface area contributed by atoms with Crippen molar-refractivity contribution in [2.45, 2.75) is 19.5 Å². The van der Waals surface area contributed by atoms with E-state index in [0.29, 0.717) is 15.7 Å². The number of rotatable bonds is 2. The Labute approximate surface area is 128 Å². The quantitative estimate of drug-likeness (QED) is 0.822. The summed E-state index contributed by atoms with van der Waals surface area (Å²) < 4.78 is 28.4. The van der Waals surface area contributed by atoms with Crippen LogP contribution in [0.4, 0.5) is 8.78 Å². The van der Waals surface area contributed by atoms with Gasteiger partial charge in [0.25, 0.3) is 5.91 Å². The number of carbonyl (C=O) groups is 1. The summed E-state index contributed by atoms with van der Waals surface area (Å²) in [6.45, 7) is 1.87. The zero-order valence-corrected chi connectivity index (χ0v) is 12.7. The van der Waals surface area contributed by atoms with Crippen LogP contribution in [-0.4, -0.2) is 15.8 Å². The van der Waals surface area contributed by atoms with Gasteiger partial charge in [-0.05, 0) is 31.2 Å². The first-order valence-corrected chi connectivity index (χ1v) is 7.17. The molecule has 3 rings (SSSR count). The number of hydrogen-bond donors (Lipinski definition) is 0. The van der Waals surface area contributed by atoms with Crippen LogP contribution in [-0.2, 0) is 6.54 Å². The molecule has 2 heterocycles. The van der Waals surface area contributed by atoms with Gasteiger partial charge in [0.05, 0.1) is 23.8 Å². The number of amides is 1. The van der Waals surface area contributed by atoms with Crippen LogP contribution in [0.3, 0.4) is 0 Å². The summed E-state index contributed by atoms with van der Waals surface area (Å²) in [5, 5.41) is 0. The van der Waals surface area contributed by atoms with Gasteiger partial charge in [-0.25, -0.2) is 8.78 Å². The monoisotopic (exact) mass is 352 g/mol. The molecule has 0 saturated carbocycles. The number of halogens is 3. The normalized spacial score (nSPS) is 15.2. The fourth-order valence-electron chi connectivity index (χ4n) is 2.57. The van der Waals surface area contributed by atoms with Crippen molar-refractivity contribution in [1.29, 1.82) is 0 Å². The Balaban J connectivity index is 1.98. The van der Waals surface area contributed by atoms with E-state index in [-0.39, 0.29) is 18.0 Å². The number of carbonyl (C=O) groups excluding carboxylic acids is 1. The van der Waals surface area contributed by atoms with Gasteiger partial charge in [-0.3, -0.25) is 9.78 Å². The molecule has 0 bridgehead atoms. The molecule has 6 heteroatoms. The summed E-state index contributed by atoms with van der Waals surface area (Å²) in [5.41, 5.74) is 1.01. The predicted octanol–water partition coefficient (Wildman–Crippen LogP) is 3.84. The van der Waals surface area contributed by atoms with Crippen LogP contribution in [0.15, 0.2) is 34.9 Å². The predicted molar refractivity (Wildman–Crippen MR) is 76.6 cm³/mol. The molecule has 0 N–H and O–H groups in total. The highest BCUT2D eigenvalue weighted by Gasteiger charge is 2.34. The molecule has 0 saturated heterocycles. The average Bonchev–Trinajstić information content (AvgIpc) is 2.75. The third-order valence-electron chi connectivity index (χ3n) is 3.63. The summed E-state index contributed by atoms with van der Waals surface area (Å²) in [6.07, 6.45) is 1.60. The molecule has 1 aliphatic heterocycles. The molecule has 0 fully saturated rings. The second-order valence-corrected chi connectivity index (χ2v) is 5.81. The second kappa shape index (κ2) is 5.18. The molecule has 108 valence electrons. The van der Waals surface area contributed by atoms with Crippen molar-refractivity contribution in [3.63, 3.8) is 0 Å². The lowest BCUT2D eigenvalue weighted by atomic mass is 10.1. The molecule has 1 amide bonds. The molecule has 0 spiro atoms. The molecular formula is C15H11BrF2N2O. The van der Waals surface area contributed by atoms with Crippen LogP contribution in [0.5, 0.6) is 0 Å². The average molecular weight is 353 g/mol. The molecule has 0 unspecified atom stereocenters. The molecule has 1 aromatic heterocycles. The maximum Gasteiger partial charge on any atom is 0.256 e. The fraction of sp³-hybridized carbons (Fsp3) is 0.200. The van der Waals surface area contributed by atoms with Crippen molar-refractivity contribution in [3.8, 4) is 0 Å². The molecule has 0 radical (unpaired) electrons. The summed E-state index contributed by atoms with van der Waals surface area (Å²) in [4.78, 5) is 17.9. The Morgan fingerprint density at radius 1 is 1.33 bits per heavy atom. The third kappa shape index (κ3) is 2.33. The van der Waals surface area contributed by atoms with Crippen molar-refractivity contribution >= 4 is 21.8 Å². The number of hydrogen-bond acceptors (Lipinski definition) is 2. The second-order valence-electron chi connectivity index (χ2n) is 4.89.